The molecule has 1 aromatic carbocycles. The van der Waals surface area contributed by atoms with Gasteiger partial charge in [0.25, 0.3) is 0 Å². The summed E-state index contributed by atoms with van der Waals surface area (Å²) in [7, 11) is 0. The molecule has 1 aliphatic heterocycles. The van der Waals surface area contributed by atoms with E-state index in [4.69, 9.17) is 10.5 Å². The summed E-state index contributed by atoms with van der Waals surface area (Å²) in [6, 6.07) is 7.83. The monoisotopic (exact) mass is 270 g/mol. The van der Waals surface area contributed by atoms with E-state index in [1.807, 2.05) is 24.3 Å². The van der Waals surface area contributed by atoms with Crippen LogP contribution in [0.4, 0.5) is 5.95 Å². The summed E-state index contributed by atoms with van der Waals surface area (Å²) in [5, 5.41) is 3.43. The fraction of sp³-hybridized carbons (Fsp3) is 0.333. The molecule has 3 rings (SSSR count). The van der Waals surface area contributed by atoms with Gasteiger partial charge in [0.05, 0.1) is 11.3 Å². The molecule has 2 heterocycles. The summed E-state index contributed by atoms with van der Waals surface area (Å²) in [6.45, 7) is 6.28. The Labute approximate surface area is 118 Å². The zero-order valence-corrected chi connectivity index (χ0v) is 11.8. The predicted octanol–water partition coefficient (Wildman–Crippen LogP) is 2.50. The highest BCUT2D eigenvalue weighted by Gasteiger charge is 2.30. The smallest absolute Gasteiger partial charge is 0.220 e. The molecule has 20 heavy (non-hydrogen) atoms. The van der Waals surface area contributed by atoms with Crippen molar-refractivity contribution >= 4 is 5.95 Å². The average molecular weight is 270 g/mol. The molecular weight excluding hydrogens is 252 g/mol. The zero-order chi connectivity index (χ0) is 14.3. The number of aromatic nitrogens is 2. The molecule has 2 aromatic rings. The Morgan fingerprint density at radius 1 is 1.25 bits per heavy atom. The van der Waals surface area contributed by atoms with Gasteiger partial charge in [-0.05, 0) is 32.9 Å². The van der Waals surface area contributed by atoms with Crippen LogP contribution in [0.5, 0.6) is 5.75 Å². The van der Waals surface area contributed by atoms with Gasteiger partial charge in [0, 0.05) is 17.3 Å². The molecule has 0 aliphatic carbocycles. The maximum absolute atomic E-state index is 6.04. The molecule has 0 fully saturated rings. The number of ether oxygens (including phenoxy) is 1. The molecule has 0 saturated carbocycles. The third kappa shape index (κ3) is 2.32. The number of anilines is 1. The number of para-hydroxylation sites is 1. The van der Waals surface area contributed by atoms with Crippen LogP contribution in [0.2, 0.25) is 0 Å². The number of nitrogens with two attached hydrogens (primary N) is 1. The van der Waals surface area contributed by atoms with Gasteiger partial charge in [-0.2, -0.15) is 0 Å². The molecule has 0 bridgehead atoms. The molecule has 104 valence electrons. The highest BCUT2D eigenvalue weighted by molar-refractivity contribution is 5.72. The fourth-order valence-electron chi connectivity index (χ4n) is 2.27. The van der Waals surface area contributed by atoms with Gasteiger partial charge >= 0.3 is 0 Å². The SMILES string of the molecule is CC(C)(C)NC1Oc2ccccc2-c2nc(N)ncc21. The van der Waals surface area contributed by atoms with Crippen molar-refractivity contribution in [1.29, 1.82) is 0 Å². The second-order valence-electron chi connectivity index (χ2n) is 5.92. The van der Waals surface area contributed by atoms with E-state index in [-0.39, 0.29) is 17.7 Å². The lowest BCUT2D eigenvalue weighted by atomic mass is 10.0. The van der Waals surface area contributed by atoms with Crippen molar-refractivity contribution in [2.24, 2.45) is 0 Å². The molecule has 0 radical (unpaired) electrons. The Bertz CT molecular complexity index is 649. The highest BCUT2D eigenvalue weighted by Crippen LogP contribution is 2.40. The van der Waals surface area contributed by atoms with Crippen LogP contribution in [0.15, 0.2) is 30.5 Å². The number of benzene rings is 1. The van der Waals surface area contributed by atoms with Gasteiger partial charge in [-0.3, -0.25) is 5.32 Å². The molecule has 1 aromatic heterocycles. The lowest BCUT2D eigenvalue weighted by molar-refractivity contribution is 0.128. The zero-order valence-electron chi connectivity index (χ0n) is 11.8. The average Bonchev–Trinajstić information content (AvgIpc) is 2.37. The minimum absolute atomic E-state index is 0.0877. The largest absolute Gasteiger partial charge is 0.470 e. The van der Waals surface area contributed by atoms with Crippen LogP contribution < -0.4 is 15.8 Å². The van der Waals surface area contributed by atoms with Crippen LogP contribution in [-0.4, -0.2) is 15.5 Å². The Hall–Kier alpha value is -2.14. The second kappa shape index (κ2) is 4.45. The normalized spacial score (nSPS) is 17.1. The molecule has 5 heteroatoms. The number of nitrogens with zero attached hydrogens (tertiary/aromatic N) is 2. The Kier molecular flexibility index (Phi) is 2.87. The van der Waals surface area contributed by atoms with Crippen molar-refractivity contribution < 1.29 is 4.74 Å². The summed E-state index contributed by atoms with van der Waals surface area (Å²) >= 11 is 0. The fourth-order valence-corrected chi connectivity index (χ4v) is 2.27. The first-order valence-corrected chi connectivity index (χ1v) is 6.60. The van der Waals surface area contributed by atoms with Crippen LogP contribution in [0.25, 0.3) is 11.3 Å². The standard InChI is InChI=1S/C15H18N4O/c1-15(2,3)19-13-10-8-17-14(16)18-12(10)9-6-4-5-7-11(9)20-13/h4-8,13,19H,1-3H3,(H2,16,17,18). The van der Waals surface area contributed by atoms with Crippen molar-refractivity contribution in [3.05, 3.63) is 36.0 Å². The molecule has 1 unspecified atom stereocenters. The Morgan fingerprint density at radius 3 is 2.75 bits per heavy atom. The van der Waals surface area contributed by atoms with E-state index in [9.17, 15) is 0 Å². The van der Waals surface area contributed by atoms with Crippen molar-refractivity contribution in [2.75, 3.05) is 5.73 Å². The van der Waals surface area contributed by atoms with Crippen LogP contribution >= 0.6 is 0 Å². The number of nitrogens with one attached hydrogen (secondary N) is 1. The lowest BCUT2D eigenvalue weighted by Gasteiger charge is -2.33. The first-order chi connectivity index (χ1) is 9.44. The number of rotatable bonds is 1. The lowest BCUT2D eigenvalue weighted by Crippen LogP contribution is -2.42. The van der Waals surface area contributed by atoms with E-state index in [2.05, 4.69) is 36.1 Å². The summed E-state index contributed by atoms with van der Waals surface area (Å²) in [6.07, 6.45) is 1.46. The second-order valence-corrected chi connectivity index (χ2v) is 5.92. The Morgan fingerprint density at radius 2 is 2.00 bits per heavy atom. The van der Waals surface area contributed by atoms with Crippen LogP contribution in [0.3, 0.4) is 0 Å². The number of fused-ring (bicyclic) bond motifs is 3. The summed E-state index contributed by atoms with van der Waals surface area (Å²) < 4.78 is 6.04. The van der Waals surface area contributed by atoms with Crippen molar-refractivity contribution in [3.8, 4) is 17.0 Å². The van der Waals surface area contributed by atoms with Gasteiger partial charge < -0.3 is 10.5 Å². The summed E-state index contributed by atoms with van der Waals surface area (Å²) in [5.41, 5.74) is 8.33. The van der Waals surface area contributed by atoms with Gasteiger partial charge in [-0.1, -0.05) is 12.1 Å². The van der Waals surface area contributed by atoms with E-state index >= 15 is 0 Å². The first-order valence-electron chi connectivity index (χ1n) is 6.60. The van der Waals surface area contributed by atoms with Crippen molar-refractivity contribution in [2.45, 2.75) is 32.5 Å². The summed E-state index contributed by atoms with van der Waals surface area (Å²) in [5.74, 6) is 1.08. The third-order valence-corrected chi connectivity index (χ3v) is 3.07. The van der Waals surface area contributed by atoms with Gasteiger partial charge in [-0.15, -0.1) is 0 Å². The third-order valence-electron chi connectivity index (χ3n) is 3.07. The van der Waals surface area contributed by atoms with Gasteiger partial charge in [0.15, 0.2) is 6.23 Å². The number of hydrogen-bond acceptors (Lipinski definition) is 5. The van der Waals surface area contributed by atoms with Crippen LogP contribution in [0, 0.1) is 0 Å². The highest BCUT2D eigenvalue weighted by atomic mass is 16.5. The molecule has 0 spiro atoms. The summed E-state index contributed by atoms with van der Waals surface area (Å²) in [4.78, 5) is 8.47. The molecule has 1 aliphatic rings. The number of nitrogen functional groups attached to an aromatic ring is 1. The van der Waals surface area contributed by atoms with E-state index in [0.29, 0.717) is 0 Å². The Balaban J connectivity index is 2.12. The first kappa shape index (κ1) is 12.9. The maximum Gasteiger partial charge on any atom is 0.220 e. The molecule has 3 N–H and O–H groups in total. The van der Waals surface area contributed by atoms with E-state index < -0.39 is 0 Å². The molecule has 1 atom stereocenters. The van der Waals surface area contributed by atoms with Crippen molar-refractivity contribution in [1.82, 2.24) is 15.3 Å². The van der Waals surface area contributed by atoms with Gasteiger partial charge in [0.1, 0.15) is 5.75 Å². The van der Waals surface area contributed by atoms with Crippen molar-refractivity contribution in [3.63, 3.8) is 0 Å². The maximum atomic E-state index is 6.04. The topological polar surface area (TPSA) is 73.1 Å². The van der Waals surface area contributed by atoms with E-state index in [1.54, 1.807) is 6.20 Å². The quantitative estimate of drug-likeness (QED) is 0.833. The minimum atomic E-state index is -0.277. The van der Waals surface area contributed by atoms with Gasteiger partial charge in [-0.25, -0.2) is 9.97 Å². The van der Waals surface area contributed by atoms with Crippen LogP contribution in [0.1, 0.15) is 32.6 Å². The van der Waals surface area contributed by atoms with Crippen LogP contribution in [-0.2, 0) is 0 Å². The van der Waals surface area contributed by atoms with Gasteiger partial charge in [0.2, 0.25) is 5.95 Å². The molecule has 5 nitrogen and oxygen atoms in total. The molecule has 0 amide bonds. The predicted molar refractivity (Wildman–Crippen MR) is 78.1 cm³/mol. The van der Waals surface area contributed by atoms with E-state index in [0.717, 1.165) is 22.6 Å². The number of hydrogen-bond donors (Lipinski definition) is 2. The molecule has 0 saturated heterocycles. The minimum Gasteiger partial charge on any atom is -0.470 e. The molecular formula is C15H18N4O. The van der Waals surface area contributed by atoms with E-state index in [1.165, 1.54) is 0 Å².